The molecular weight excluding hydrogens is 253 g/mol. The maximum Gasteiger partial charge on any atom is 0.159 e. The largest absolute Gasteiger partial charge is 0.330 e. The molecule has 0 aliphatic rings. The summed E-state index contributed by atoms with van der Waals surface area (Å²) in [4.78, 5) is 9.02. The van der Waals surface area contributed by atoms with E-state index in [1.165, 1.54) is 6.07 Å². The van der Waals surface area contributed by atoms with Gasteiger partial charge in [-0.2, -0.15) is 0 Å². The average Bonchev–Trinajstić information content (AvgIpc) is 2.41. The summed E-state index contributed by atoms with van der Waals surface area (Å²) in [6.07, 6.45) is 1.81. The van der Waals surface area contributed by atoms with Crippen LogP contribution in [-0.4, -0.2) is 16.5 Å². The van der Waals surface area contributed by atoms with E-state index in [0.717, 1.165) is 29.8 Å². The van der Waals surface area contributed by atoms with E-state index in [1.807, 2.05) is 19.9 Å². The summed E-state index contributed by atoms with van der Waals surface area (Å²) in [6.45, 7) is 6.33. The molecule has 0 aliphatic heterocycles. The van der Waals surface area contributed by atoms with Crippen LogP contribution in [0.25, 0.3) is 11.4 Å². The van der Waals surface area contributed by atoms with Crippen LogP contribution in [0.2, 0.25) is 0 Å². The molecule has 0 unspecified atom stereocenters. The molecule has 20 heavy (non-hydrogen) atoms. The van der Waals surface area contributed by atoms with Gasteiger partial charge >= 0.3 is 0 Å². The van der Waals surface area contributed by atoms with E-state index in [4.69, 9.17) is 5.73 Å². The Balaban J connectivity index is 2.41. The highest BCUT2D eigenvalue weighted by Gasteiger charge is 2.10. The molecule has 106 valence electrons. The zero-order valence-electron chi connectivity index (χ0n) is 12.2. The van der Waals surface area contributed by atoms with Crippen molar-refractivity contribution in [3.8, 4) is 11.4 Å². The third-order valence-electron chi connectivity index (χ3n) is 3.48. The first-order valence-corrected chi connectivity index (χ1v) is 6.83. The fourth-order valence-corrected chi connectivity index (χ4v) is 2.24. The predicted molar refractivity (Wildman–Crippen MR) is 79.0 cm³/mol. The average molecular weight is 273 g/mol. The van der Waals surface area contributed by atoms with Crippen molar-refractivity contribution in [1.82, 2.24) is 9.97 Å². The third kappa shape index (κ3) is 3.02. The van der Waals surface area contributed by atoms with Crippen LogP contribution in [0.5, 0.6) is 0 Å². The second kappa shape index (κ2) is 6.09. The lowest BCUT2D eigenvalue weighted by molar-refractivity contribution is 0.619. The Kier molecular flexibility index (Phi) is 4.45. The highest BCUT2D eigenvalue weighted by atomic mass is 19.1. The lowest BCUT2D eigenvalue weighted by Crippen LogP contribution is -2.06. The Morgan fingerprint density at radius 3 is 2.30 bits per heavy atom. The summed E-state index contributed by atoms with van der Waals surface area (Å²) in [5.74, 6) is 0.351. The van der Waals surface area contributed by atoms with Gasteiger partial charge < -0.3 is 5.73 Å². The van der Waals surface area contributed by atoms with Gasteiger partial charge in [0.15, 0.2) is 5.82 Å². The number of aromatic nitrogens is 2. The van der Waals surface area contributed by atoms with Gasteiger partial charge in [-0.05, 0) is 57.4 Å². The monoisotopic (exact) mass is 273 g/mol. The summed E-state index contributed by atoms with van der Waals surface area (Å²) in [5.41, 5.74) is 9.92. The van der Waals surface area contributed by atoms with E-state index in [2.05, 4.69) is 9.97 Å². The lowest BCUT2D eigenvalue weighted by Gasteiger charge is -2.11. The molecule has 0 saturated carbocycles. The first kappa shape index (κ1) is 14.6. The highest BCUT2D eigenvalue weighted by molar-refractivity contribution is 5.56. The van der Waals surface area contributed by atoms with Gasteiger partial charge in [-0.1, -0.05) is 12.1 Å². The Labute approximate surface area is 119 Å². The van der Waals surface area contributed by atoms with Crippen molar-refractivity contribution >= 4 is 0 Å². The topological polar surface area (TPSA) is 51.8 Å². The molecule has 0 bridgehead atoms. The van der Waals surface area contributed by atoms with Gasteiger partial charge in [-0.3, -0.25) is 0 Å². The molecule has 1 aromatic heterocycles. The molecule has 3 nitrogen and oxygen atoms in total. The van der Waals surface area contributed by atoms with Crippen LogP contribution >= 0.6 is 0 Å². The number of aryl methyl sites for hydroxylation is 3. The fraction of sp³-hybridized carbons (Fsp3) is 0.375. The summed E-state index contributed by atoms with van der Waals surface area (Å²) in [6, 6.07) is 5.09. The molecule has 0 amide bonds. The van der Waals surface area contributed by atoms with E-state index in [9.17, 15) is 4.39 Å². The minimum absolute atomic E-state index is 0.228. The van der Waals surface area contributed by atoms with E-state index >= 15 is 0 Å². The quantitative estimate of drug-likeness (QED) is 0.931. The molecule has 0 fully saturated rings. The fourth-order valence-electron chi connectivity index (χ4n) is 2.24. The van der Waals surface area contributed by atoms with Crippen LogP contribution in [0.3, 0.4) is 0 Å². The van der Waals surface area contributed by atoms with Crippen molar-refractivity contribution < 1.29 is 4.39 Å². The minimum Gasteiger partial charge on any atom is -0.330 e. The Morgan fingerprint density at radius 2 is 1.75 bits per heavy atom. The summed E-state index contributed by atoms with van der Waals surface area (Å²) >= 11 is 0. The molecule has 0 spiro atoms. The minimum atomic E-state index is -0.228. The number of hydrogen-bond donors (Lipinski definition) is 1. The SMILES string of the molecule is Cc1ccc(-c2nc(C)c(CCCN)c(C)n2)cc1F. The van der Waals surface area contributed by atoms with Crippen molar-refractivity contribution in [2.45, 2.75) is 33.6 Å². The number of nitrogens with zero attached hydrogens (tertiary/aromatic N) is 2. The van der Waals surface area contributed by atoms with Gasteiger partial charge in [0.25, 0.3) is 0 Å². The number of benzene rings is 1. The Hall–Kier alpha value is -1.81. The molecule has 0 atom stereocenters. The Morgan fingerprint density at radius 1 is 1.10 bits per heavy atom. The summed E-state index contributed by atoms with van der Waals surface area (Å²) in [7, 11) is 0. The first-order valence-electron chi connectivity index (χ1n) is 6.83. The van der Waals surface area contributed by atoms with Crippen LogP contribution in [0.4, 0.5) is 4.39 Å². The zero-order valence-corrected chi connectivity index (χ0v) is 12.2. The van der Waals surface area contributed by atoms with Crippen LogP contribution in [0, 0.1) is 26.6 Å². The van der Waals surface area contributed by atoms with Gasteiger partial charge in [0.1, 0.15) is 5.82 Å². The molecule has 2 N–H and O–H groups in total. The standard InChI is InChI=1S/C16H20FN3/c1-10-6-7-13(9-15(10)17)16-19-11(2)14(5-4-8-18)12(3)20-16/h6-7,9H,4-5,8,18H2,1-3H3. The van der Waals surface area contributed by atoms with E-state index < -0.39 is 0 Å². The maximum atomic E-state index is 13.6. The molecule has 1 heterocycles. The predicted octanol–water partition coefficient (Wildman–Crippen LogP) is 3.10. The van der Waals surface area contributed by atoms with Crippen molar-refractivity contribution in [3.63, 3.8) is 0 Å². The van der Waals surface area contributed by atoms with E-state index in [1.54, 1.807) is 13.0 Å². The van der Waals surface area contributed by atoms with Crippen molar-refractivity contribution in [2.75, 3.05) is 6.54 Å². The number of rotatable bonds is 4. The Bertz CT molecular complexity index is 600. The maximum absolute atomic E-state index is 13.6. The van der Waals surface area contributed by atoms with Gasteiger partial charge in [0.2, 0.25) is 0 Å². The van der Waals surface area contributed by atoms with Crippen LogP contribution in [-0.2, 0) is 6.42 Å². The third-order valence-corrected chi connectivity index (χ3v) is 3.48. The van der Waals surface area contributed by atoms with Gasteiger partial charge in [0, 0.05) is 17.0 Å². The molecule has 0 aliphatic carbocycles. The first-order chi connectivity index (χ1) is 9.52. The number of halogens is 1. The zero-order chi connectivity index (χ0) is 14.7. The van der Waals surface area contributed by atoms with Crippen molar-refractivity contribution in [2.24, 2.45) is 5.73 Å². The lowest BCUT2D eigenvalue weighted by atomic mass is 10.1. The normalized spacial score (nSPS) is 10.8. The van der Waals surface area contributed by atoms with E-state index in [-0.39, 0.29) is 5.82 Å². The molecule has 1 aromatic carbocycles. The smallest absolute Gasteiger partial charge is 0.159 e. The second-order valence-electron chi connectivity index (χ2n) is 5.05. The summed E-state index contributed by atoms with van der Waals surface area (Å²) in [5, 5.41) is 0. The number of nitrogens with two attached hydrogens (primary N) is 1. The van der Waals surface area contributed by atoms with Crippen molar-refractivity contribution in [3.05, 3.63) is 46.5 Å². The molecule has 0 saturated heterocycles. The van der Waals surface area contributed by atoms with E-state index in [0.29, 0.717) is 23.5 Å². The highest BCUT2D eigenvalue weighted by Crippen LogP contribution is 2.21. The summed E-state index contributed by atoms with van der Waals surface area (Å²) < 4.78 is 13.6. The van der Waals surface area contributed by atoms with Gasteiger partial charge in [-0.15, -0.1) is 0 Å². The number of hydrogen-bond acceptors (Lipinski definition) is 3. The van der Waals surface area contributed by atoms with Crippen molar-refractivity contribution in [1.29, 1.82) is 0 Å². The van der Waals surface area contributed by atoms with Crippen LogP contribution in [0.1, 0.15) is 28.9 Å². The molecule has 4 heteroatoms. The second-order valence-corrected chi connectivity index (χ2v) is 5.05. The molecule has 2 rings (SSSR count). The van der Waals surface area contributed by atoms with Crippen LogP contribution < -0.4 is 5.73 Å². The van der Waals surface area contributed by atoms with Crippen LogP contribution in [0.15, 0.2) is 18.2 Å². The molecule has 2 aromatic rings. The molecule has 0 radical (unpaired) electrons. The van der Waals surface area contributed by atoms with Gasteiger partial charge in [0.05, 0.1) is 0 Å². The molecular formula is C16H20FN3. The van der Waals surface area contributed by atoms with Gasteiger partial charge in [-0.25, -0.2) is 14.4 Å².